The van der Waals surface area contributed by atoms with Gasteiger partial charge in [0, 0.05) is 6.42 Å². The lowest BCUT2D eigenvalue weighted by molar-refractivity contribution is -0.134. The van der Waals surface area contributed by atoms with E-state index in [1.165, 1.54) is 24.3 Å². The normalized spacial score (nSPS) is 18.3. The number of carbonyl (C=O) groups excluding carboxylic acids is 3. The van der Waals surface area contributed by atoms with Crippen LogP contribution in [0.3, 0.4) is 0 Å². The molecular weight excluding hydrogens is 264 g/mol. The highest BCUT2D eigenvalue weighted by molar-refractivity contribution is 6.07. The van der Waals surface area contributed by atoms with E-state index in [9.17, 15) is 19.2 Å². The van der Waals surface area contributed by atoms with E-state index in [1.807, 2.05) is 0 Å². The number of carbonyl (C=O) groups is 4. The number of benzene rings is 1. The maximum absolute atomic E-state index is 12.0. The molecule has 1 saturated heterocycles. The molecule has 104 valence electrons. The van der Waals surface area contributed by atoms with Crippen LogP contribution in [0.5, 0.6) is 0 Å². The molecule has 20 heavy (non-hydrogen) atoms. The zero-order valence-electron chi connectivity index (χ0n) is 10.4. The van der Waals surface area contributed by atoms with E-state index >= 15 is 0 Å². The van der Waals surface area contributed by atoms with Crippen molar-refractivity contribution in [2.45, 2.75) is 18.9 Å². The summed E-state index contributed by atoms with van der Waals surface area (Å²) < 4.78 is 0. The number of amides is 3. The Morgan fingerprint density at radius 3 is 2.45 bits per heavy atom. The van der Waals surface area contributed by atoms with Gasteiger partial charge in [0.05, 0.1) is 11.1 Å². The number of hydrogen-bond donors (Lipinski definition) is 3. The largest absolute Gasteiger partial charge is 0.478 e. The Morgan fingerprint density at radius 2 is 1.85 bits per heavy atom. The monoisotopic (exact) mass is 276 g/mol. The van der Waals surface area contributed by atoms with Crippen LogP contribution in [0.15, 0.2) is 24.3 Å². The maximum Gasteiger partial charge on any atom is 0.336 e. The van der Waals surface area contributed by atoms with Gasteiger partial charge in [-0.1, -0.05) is 12.1 Å². The number of carboxylic acid groups (broad SMARTS) is 1. The Morgan fingerprint density at radius 1 is 1.20 bits per heavy atom. The van der Waals surface area contributed by atoms with E-state index in [1.54, 1.807) is 0 Å². The predicted molar refractivity (Wildman–Crippen MR) is 67.0 cm³/mol. The molecule has 0 bridgehead atoms. The van der Waals surface area contributed by atoms with Gasteiger partial charge in [0.25, 0.3) is 5.91 Å². The van der Waals surface area contributed by atoms with E-state index in [0.717, 1.165) is 0 Å². The molecule has 1 aliphatic rings. The van der Waals surface area contributed by atoms with Gasteiger partial charge in [-0.25, -0.2) is 4.79 Å². The molecule has 1 aliphatic heterocycles. The highest BCUT2D eigenvalue weighted by Crippen LogP contribution is 2.11. The summed E-state index contributed by atoms with van der Waals surface area (Å²) in [6.45, 7) is 0. The van der Waals surface area contributed by atoms with E-state index < -0.39 is 23.8 Å². The lowest BCUT2D eigenvalue weighted by atomic mass is 10.0. The van der Waals surface area contributed by atoms with Crippen molar-refractivity contribution >= 4 is 23.7 Å². The lowest BCUT2D eigenvalue weighted by Gasteiger charge is -2.22. The summed E-state index contributed by atoms with van der Waals surface area (Å²) in [5, 5.41) is 13.6. The minimum Gasteiger partial charge on any atom is -0.478 e. The molecule has 0 radical (unpaired) electrons. The van der Waals surface area contributed by atoms with Crippen LogP contribution in [0.4, 0.5) is 0 Å². The summed E-state index contributed by atoms with van der Waals surface area (Å²) in [7, 11) is 0. The Kier molecular flexibility index (Phi) is 3.79. The molecular formula is C13H12N2O5. The van der Waals surface area contributed by atoms with Crippen molar-refractivity contribution in [1.29, 1.82) is 0 Å². The summed E-state index contributed by atoms with van der Waals surface area (Å²) in [6.07, 6.45) is 0.336. The Bertz CT molecular complexity index is 596. The Balaban J connectivity index is 2.15. The highest BCUT2D eigenvalue weighted by Gasteiger charge is 2.29. The van der Waals surface area contributed by atoms with Gasteiger partial charge in [-0.15, -0.1) is 0 Å². The van der Waals surface area contributed by atoms with E-state index in [4.69, 9.17) is 5.11 Å². The molecule has 2 rings (SSSR count). The maximum atomic E-state index is 12.0. The van der Waals surface area contributed by atoms with Gasteiger partial charge in [0.2, 0.25) is 11.8 Å². The first-order valence-corrected chi connectivity index (χ1v) is 5.96. The van der Waals surface area contributed by atoms with E-state index in [-0.39, 0.29) is 29.9 Å². The molecule has 1 aromatic rings. The second-order valence-electron chi connectivity index (χ2n) is 4.33. The topological polar surface area (TPSA) is 113 Å². The summed E-state index contributed by atoms with van der Waals surface area (Å²) in [4.78, 5) is 45.6. The fourth-order valence-corrected chi connectivity index (χ4v) is 1.93. The van der Waals surface area contributed by atoms with Crippen LogP contribution in [0.25, 0.3) is 0 Å². The quantitative estimate of drug-likeness (QED) is 0.668. The third kappa shape index (κ3) is 2.82. The first kappa shape index (κ1) is 13.7. The van der Waals surface area contributed by atoms with Gasteiger partial charge in [-0.3, -0.25) is 19.7 Å². The number of rotatable bonds is 3. The molecule has 7 heteroatoms. The smallest absolute Gasteiger partial charge is 0.336 e. The third-order valence-electron chi connectivity index (χ3n) is 2.95. The van der Waals surface area contributed by atoms with Crippen molar-refractivity contribution in [2.24, 2.45) is 0 Å². The number of hydrogen-bond acceptors (Lipinski definition) is 4. The second-order valence-corrected chi connectivity index (χ2v) is 4.33. The van der Waals surface area contributed by atoms with Crippen LogP contribution in [0, 0.1) is 0 Å². The average Bonchev–Trinajstić information content (AvgIpc) is 2.41. The van der Waals surface area contributed by atoms with Crippen LogP contribution < -0.4 is 10.6 Å². The van der Waals surface area contributed by atoms with Crippen molar-refractivity contribution in [3.05, 3.63) is 35.4 Å². The zero-order chi connectivity index (χ0) is 14.7. The van der Waals surface area contributed by atoms with Crippen LogP contribution in [-0.2, 0) is 9.59 Å². The van der Waals surface area contributed by atoms with Crippen LogP contribution in [-0.4, -0.2) is 34.8 Å². The highest BCUT2D eigenvalue weighted by atomic mass is 16.4. The van der Waals surface area contributed by atoms with Gasteiger partial charge in [0.15, 0.2) is 0 Å². The molecule has 1 atom stereocenters. The Labute approximate surface area is 114 Å². The molecule has 1 aromatic carbocycles. The fourth-order valence-electron chi connectivity index (χ4n) is 1.93. The molecule has 7 nitrogen and oxygen atoms in total. The van der Waals surface area contributed by atoms with Gasteiger partial charge < -0.3 is 10.4 Å². The lowest BCUT2D eigenvalue weighted by Crippen LogP contribution is -2.52. The molecule has 3 N–H and O–H groups in total. The molecule has 0 spiro atoms. The SMILES string of the molecule is O=C1CC[C@@H](NC(=O)c2ccccc2C(=O)O)C(=O)N1. The molecule has 0 aliphatic carbocycles. The second kappa shape index (κ2) is 5.52. The minimum absolute atomic E-state index is 0.0234. The van der Waals surface area contributed by atoms with Gasteiger partial charge in [-0.2, -0.15) is 0 Å². The molecule has 0 aromatic heterocycles. The number of piperidine rings is 1. The fraction of sp³-hybridized carbons (Fsp3) is 0.231. The van der Waals surface area contributed by atoms with Crippen molar-refractivity contribution in [3.63, 3.8) is 0 Å². The zero-order valence-corrected chi connectivity index (χ0v) is 10.4. The standard InChI is InChI=1S/C13H12N2O5/c16-10-6-5-9(12(18)15-10)14-11(17)7-3-1-2-4-8(7)13(19)20/h1-4,9H,5-6H2,(H,14,17)(H,19,20)(H,15,16,18)/t9-/m1/s1. The van der Waals surface area contributed by atoms with E-state index in [0.29, 0.717) is 0 Å². The van der Waals surface area contributed by atoms with Gasteiger partial charge >= 0.3 is 5.97 Å². The minimum atomic E-state index is -1.22. The first-order chi connectivity index (χ1) is 9.49. The molecule has 3 amide bonds. The predicted octanol–water partition coefficient (Wildman–Crippen LogP) is -0.0802. The van der Waals surface area contributed by atoms with Crippen LogP contribution in [0.2, 0.25) is 0 Å². The Hall–Kier alpha value is -2.70. The molecule has 1 fully saturated rings. The number of nitrogens with one attached hydrogen (secondary N) is 2. The average molecular weight is 276 g/mol. The number of carboxylic acids is 1. The summed E-state index contributed by atoms with van der Waals surface area (Å²) in [5.41, 5.74) is -0.165. The van der Waals surface area contributed by atoms with Gasteiger partial charge in [-0.05, 0) is 18.6 Å². The van der Waals surface area contributed by atoms with Crippen LogP contribution in [0.1, 0.15) is 33.6 Å². The number of imide groups is 1. The van der Waals surface area contributed by atoms with Crippen molar-refractivity contribution in [3.8, 4) is 0 Å². The molecule has 0 unspecified atom stereocenters. The first-order valence-electron chi connectivity index (χ1n) is 5.96. The summed E-state index contributed by atoms with van der Waals surface area (Å²) in [6, 6.07) is 4.88. The van der Waals surface area contributed by atoms with Crippen molar-refractivity contribution in [1.82, 2.24) is 10.6 Å². The number of aromatic carboxylic acids is 1. The van der Waals surface area contributed by atoms with Crippen molar-refractivity contribution < 1.29 is 24.3 Å². The van der Waals surface area contributed by atoms with E-state index in [2.05, 4.69) is 10.6 Å². The van der Waals surface area contributed by atoms with Crippen molar-refractivity contribution in [2.75, 3.05) is 0 Å². The van der Waals surface area contributed by atoms with Gasteiger partial charge in [0.1, 0.15) is 6.04 Å². The molecule has 1 heterocycles. The van der Waals surface area contributed by atoms with Crippen LogP contribution >= 0.6 is 0 Å². The summed E-state index contributed by atoms with van der Waals surface area (Å²) >= 11 is 0. The summed E-state index contributed by atoms with van der Waals surface area (Å²) in [5.74, 6) is -2.84. The molecule has 0 saturated carbocycles. The third-order valence-corrected chi connectivity index (χ3v) is 2.95.